The SMILES string of the molecule is O=C(Cc1cccc(Cl)c1)N[C@@H]1CCOC[C@H]1Oc1cccc(F)c1. The van der Waals surface area contributed by atoms with Crippen molar-refractivity contribution in [1.82, 2.24) is 5.32 Å². The fraction of sp³-hybridized carbons (Fsp3) is 0.316. The molecule has 25 heavy (non-hydrogen) atoms. The van der Waals surface area contributed by atoms with Crippen LogP contribution in [0.1, 0.15) is 12.0 Å². The average molecular weight is 364 g/mol. The van der Waals surface area contributed by atoms with Gasteiger partial charge in [-0.05, 0) is 36.2 Å². The van der Waals surface area contributed by atoms with Gasteiger partial charge in [0.15, 0.2) is 0 Å². The van der Waals surface area contributed by atoms with Crippen LogP contribution in [0, 0.1) is 5.82 Å². The number of amides is 1. The minimum atomic E-state index is -0.365. The number of carbonyl (C=O) groups excluding carboxylic acids is 1. The molecule has 6 heteroatoms. The zero-order chi connectivity index (χ0) is 17.6. The van der Waals surface area contributed by atoms with E-state index in [2.05, 4.69) is 5.32 Å². The van der Waals surface area contributed by atoms with Crippen molar-refractivity contribution in [2.75, 3.05) is 13.2 Å². The van der Waals surface area contributed by atoms with E-state index >= 15 is 0 Å². The van der Waals surface area contributed by atoms with Crippen molar-refractivity contribution >= 4 is 17.5 Å². The third-order valence-corrected chi connectivity index (χ3v) is 4.22. The van der Waals surface area contributed by atoms with Crippen molar-refractivity contribution in [2.45, 2.75) is 25.0 Å². The molecule has 4 nitrogen and oxygen atoms in total. The quantitative estimate of drug-likeness (QED) is 0.886. The Bertz CT molecular complexity index is 740. The van der Waals surface area contributed by atoms with Crippen molar-refractivity contribution in [1.29, 1.82) is 0 Å². The summed E-state index contributed by atoms with van der Waals surface area (Å²) in [5.41, 5.74) is 0.847. The highest BCUT2D eigenvalue weighted by Crippen LogP contribution is 2.19. The van der Waals surface area contributed by atoms with Gasteiger partial charge >= 0.3 is 0 Å². The molecule has 132 valence electrons. The van der Waals surface area contributed by atoms with Crippen LogP contribution in [-0.2, 0) is 16.0 Å². The monoisotopic (exact) mass is 363 g/mol. The molecule has 0 bridgehead atoms. The molecule has 2 aromatic rings. The van der Waals surface area contributed by atoms with Crippen molar-refractivity contribution in [3.63, 3.8) is 0 Å². The van der Waals surface area contributed by atoms with Gasteiger partial charge in [0.05, 0.1) is 19.1 Å². The first kappa shape index (κ1) is 17.7. The van der Waals surface area contributed by atoms with E-state index in [0.717, 1.165) is 5.56 Å². The lowest BCUT2D eigenvalue weighted by molar-refractivity contribution is -0.123. The molecule has 1 amide bonds. The Morgan fingerprint density at radius 3 is 2.92 bits per heavy atom. The zero-order valence-electron chi connectivity index (χ0n) is 13.6. The predicted octanol–water partition coefficient (Wildman–Crippen LogP) is 3.37. The molecule has 0 radical (unpaired) electrons. The number of hydrogen-bond donors (Lipinski definition) is 1. The number of benzene rings is 2. The van der Waals surface area contributed by atoms with Gasteiger partial charge in [0.2, 0.25) is 5.91 Å². The van der Waals surface area contributed by atoms with E-state index < -0.39 is 0 Å². The summed E-state index contributed by atoms with van der Waals surface area (Å²) in [6.45, 7) is 0.893. The summed E-state index contributed by atoms with van der Waals surface area (Å²) in [5, 5.41) is 3.59. The molecule has 2 aromatic carbocycles. The summed E-state index contributed by atoms with van der Waals surface area (Å²) in [4.78, 5) is 12.3. The fourth-order valence-electron chi connectivity index (χ4n) is 2.80. The molecule has 1 fully saturated rings. The maximum atomic E-state index is 13.3. The van der Waals surface area contributed by atoms with E-state index in [-0.39, 0.29) is 30.3 Å². The number of carbonyl (C=O) groups is 1. The second-order valence-electron chi connectivity index (χ2n) is 5.96. The highest BCUT2D eigenvalue weighted by Gasteiger charge is 2.29. The zero-order valence-corrected chi connectivity index (χ0v) is 14.3. The number of rotatable bonds is 5. The third-order valence-electron chi connectivity index (χ3n) is 3.99. The molecule has 1 heterocycles. The third kappa shape index (κ3) is 5.18. The summed E-state index contributed by atoms with van der Waals surface area (Å²) >= 11 is 5.95. The van der Waals surface area contributed by atoms with Crippen LogP contribution in [0.5, 0.6) is 5.75 Å². The average Bonchev–Trinajstić information content (AvgIpc) is 2.57. The van der Waals surface area contributed by atoms with Gasteiger partial charge in [-0.15, -0.1) is 0 Å². The largest absolute Gasteiger partial charge is 0.486 e. The van der Waals surface area contributed by atoms with Crippen molar-refractivity contribution in [3.8, 4) is 5.75 Å². The summed E-state index contributed by atoms with van der Waals surface area (Å²) in [6, 6.07) is 13.0. The first-order chi connectivity index (χ1) is 12.1. The number of halogens is 2. The number of ether oxygens (including phenoxy) is 2. The Morgan fingerprint density at radius 1 is 1.28 bits per heavy atom. The highest BCUT2D eigenvalue weighted by atomic mass is 35.5. The summed E-state index contributed by atoms with van der Waals surface area (Å²) in [5.74, 6) is -0.0534. The Hall–Kier alpha value is -2.11. The van der Waals surface area contributed by atoms with Crippen LogP contribution in [0.15, 0.2) is 48.5 Å². The standard InChI is InChI=1S/C19H19ClFNO3/c20-14-4-1-3-13(9-14)10-19(23)22-17-7-8-24-12-18(17)25-16-6-2-5-15(21)11-16/h1-6,9,11,17-18H,7-8,10,12H2,(H,22,23)/t17-,18-/m1/s1. The smallest absolute Gasteiger partial charge is 0.224 e. The topological polar surface area (TPSA) is 47.6 Å². The van der Waals surface area contributed by atoms with Crippen LogP contribution in [0.4, 0.5) is 4.39 Å². The number of nitrogens with one attached hydrogen (secondary N) is 1. The minimum Gasteiger partial charge on any atom is -0.486 e. The second-order valence-corrected chi connectivity index (χ2v) is 6.39. The molecule has 1 N–H and O–H groups in total. The van der Waals surface area contributed by atoms with Gasteiger partial charge in [0, 0.05) is 17.7 Å². The lowest BCUT2D eigenvalue weighted by atomic mass is 10.0. The Morgan fingerprint density at radius 2 is 2.12 bits per heavy atom. The van der Waals surface area contributed by atoms with E-state index in [1.807, 2.05) is 12.1 Å². The van der Waals surface area contributed by atoms with Crippen LogP contribution in [0.3, 0.4) is 0 Å². The maximum absolute atomic E-state index is 13.3. The lowest BCUT2D eigenvalue weighted by Crippen LogP contribution is -2.51. The molecule has 1 aliphatic rings. The highest BCUT2D eigenvalue weighted by molar-refractivity contribution is 6.30. The van der Waals surface area contributed by atoms with Gasteiger partial charge in [-0.25, -0.2) is 4.39 Å². The van der Waals surface area contributed by atoms with Crippen molar-refractivity contribution in [3.05, 3.63) is 64.9 Å². The van der Waals surface area contributed by atoms with Crippen molar-refractivity contribution in [2.24, 2.45) is 0 Å². The molecule has 0 saturated carbocycles. The molecule has 0 aromatic heterocycles. The first-order valence-corrected chi connectivity index (χ1v) is 8.52. The molecule has 1 saturated heterocycles. The molecule has 0 spiro atoms. The van der Waals surface area contributed by atoms with Crippen LogP contribution >= 0.6 is 11.6 Å². The van der Waals surface area contributed by atoms with Gasteiger partial charge in [-0.2, -0.15) is 0 Å². The predicted molar refractivity (Wildman–Crippen MR) is 93.3 cm³/mol. The summed E-state index contributed by atoms with van der Waals surface area (Å²) in [7, 11) is 0. The second kappa shape index (κ2) is 8.32. The van der Waals surface area contributed by atoms with Gasteiger partial charge in [-0.3, -0.25) is 4.79 Å². The summed E-state index contributed by atoms with van der Waals surface area (Å²) in [6.07, 6.45) is 0.519. The molecule has 0 aliphatic carbocycles. The van der Waals surface area contributed by atoms with E-state index in [0.29, 0.717) is 30.4 Å². The van der Waals surface area contributed by atoms with Gasteiger partial charge < -0.3 is 14.8 Å². The molecule has 3 rings (SSSR count). The molecular weight excluding hydrogens is 345 g/mol. The first-order valence-electron chi connectivity index (χ1n) is 8.14. The van der Waals surface area contributed by atoms with E-state index in [1.54, 1.807) is 24.3 Å². The van der Waals surface area contributed by atoms with Crippen LogP contribution in [-0.4, -0.2) is 31.3 Å². The van der Waals surface area contributed by atoms with E-state index in [9.17, 15) is 9.18 Å². The molecule has 1 aliphatic heterocycles. The molecular formula is C19H19ClFNO3. The van der Waals surface area contributed by atoms with E-state index in [4.69, 9.17) is 21.1 Å². The maximum Gasteiger partial charge on any atom is 0.224 e. The Kier molecular flexibility index (Phi) is 5.89. The van der Waals surface area contributed by atoms with Gasteiger partial charge in [0.1, 0.15) is 17.7 Å². The van der Waals surface area contributed by atoms with E-state index in [1.165, 1.54) is 12.1 Å². The molecule has 0 unspecified atom stereocenters. The van der Waals surface area contributed by atoms with Crippen LogP contribution in [0.25, 0.3) is 0 Å². The Labute approximate surface area is 150 Å². The van der Waals surface area contributed by atoms with Crippen molar-refractivity contribution < 1.29 is 18.7 Å². The fourth-order valence-corrected chi connectivity index (χ4v) is 3.01. The van der Waals surface area contributed by atoms with Crippen LogP contribution < -0.4 is 10.1 Å². The number of hydrogen-bond acceptors (Lipinski definition) is 3. The van der Waals surface area contributed by atoms with Crippen LogP contribution in [0.2, 0.25) is 5.02 Å². The van der Waals surface area contributed by atoms with Gasteiger partial charge in [0.25, 0.3) is 0 Å². The lowest BCUT2D eigenvalue weighted by Gasteiger charge is -2.32. The normalized spacial score (nSPS) is 20.1. The van der Waals surface area contributed by atoms with Gasteiger partial charge in [-0.1, -0.05) is 29.8 Å². The minimum absolute atomic E-state index is 0.109. The summed E-state index contributed by atoms with van der Waals surface area (Å²) < 4.78 is 24.6. The molecule has 2 atom stereocenters. The Balaban J connectivity index is 1.61.